The van der Waals surface area contributed by atoms with Crippen LogP contribution in [0.25, 0.3) is 0 Å². The first-order valence-electron chi connectivity index (χ1n) is 6.92. The van der Waals surface area contributed by atoms with Gasteiger partial charge in [-0.2, -0.15) is 5.26 Å². The lowest BCUT2D eigenvalue weighted by Crippen LogP contribution is -2.29. The number of nitrogens with one attached hydrogen (secondary N) is 2. The molecule has 0 aliphatic rings. The minimum Gasteiger partial charge on any atom is -0.497 e. The van der Waals surface area contributed by atoms with E-state index >= 15 is 0 Å². The minimum absolute atomic E-state index is 0.337. The van der Waals surface area contributed by atoms with Crippen molar-refractivity contribution < 1.29 is 19.1 Å². The van der Waals surface area contributed by atoms with Crippen molar-refractivity contribution in [2.24, 2.45) is 0 Å². The largest absolute Gasteiger partial charge is 0.497 e. The van der Waals surface area contributed by atoms with Gasteiger partial charge in [-0.3, -0.25) is 9.59 Å². The second-order valence-corrected chi connectivity index (χ2v) is 4.67. The molecule has 0 saturated carbocycles. The van der Waals surface area contributed by atoms with Crippen LogP contribution in [0.2, 0.25) is 0 Å². The van der Waals surface area contributed by atoms with E-state index in [1.54, 1.807) is 36.4 Å². The second kappa shape index (κ2) is 7.65. The van der Waals surface area contributed by atoms with Crippen molar-refractivity contribution in [1.82, 2.24) is 0 Å². The molecule has 2 rings (SSSR count). The number of nitriles is 1. The van der Waals surface area contributed by atoms with Gasteiger partial charge >= 0.3 is 11.8 Å². The summed E-state index contributed by atoms with van der Waals surface area (Å²) in [4.78, 5) is 24.0. The normalized spacial score (nSPS) is 9.54. The fourth-order valence-electron chi connectivity index (χ4n) is 1.94. The van der Waals surface area contributed by atoms with Gasteiger partial charge in [0.2, 0.25) is 0 Å². The number of anilines is 2. The quantitative estimate of drug-likeness (QED) is 0.839. The van der Waals surface area contributed by atoms with E-state index in [0.29, 0.717) is 28.4 Å². The molecule has 2 aromatic rings. The third-order valence-corrected chi connectivity index (χ3v) is 3.11. The van der Waals surface area contributed by atoms with E-state index in [1.807, 2.05) is 6.07 Å². The van der Waals surface area contributed by atoms with E-state index in [1.165, 1.54) is 20.3 Å². The Morgan fingerprint density at radius 3 is 2.42 bits per heavy atom. The van der Waals surface area contributed by atoms with Crippen molar-refractivity contribution in [3.05, 3.63) is 48.0 Å². The van der Waals surface area contributed by atoms with Crippen LogP contribution in [0.4, 0.5) is 11.4 Å². The summed E-state index contributed by atoms with van der Waals surface area (Å²) in [6, 6.07) is 13.0. The smallest absolute Gasteiger partial charge is 0.314 e. The first-order chi connectivity index (χ1) is 11.6. The van der Waals surface area contributed by atoms with Crippen LogP contribution in [0.1, 0.15) is 5.56 Å². The number of methoxy groups -OCH3 is 2. The summed E-state index contributed by atoms with van der Waals surface area (Å²) in [6.07, 6.45) is 0. The zero-order chi connectivity index (χ0) is 17.5. The van der Waals surface area contributed by atoms with Crippen LogP contribution in [0.3, 0.4) is 0 Å². The summed E-state index contributed by atoms with van der Waals surface area (Å²) in [6.45, 7) is 0. The van der Waals surface area contributed by atoms with Crippen molar-refractivity contribution in [3.63, 3.8) is 0 Å². The number of ether oxygens (including phenoxy) is 2. The van der Waals surface area contributed by atoms with Gasteiger partial charge in [-0.25, -0.2) is 0 Å². The first kappa shape index (κ1) is 16.8. The molecule has 0 radical (unpaired) electrons. The highest BCUT2D eigenvalue weighted by Crippen LogP contribution is 2.28. The standard InChI is InChI=1S/C17H15N3O4/c1-23-13-6-7-14(15(9-13)24-2)20-17(22)16(21)19-12-5-3-4-11(8-12)10-18/h3-9H,1-2H3,(H,19,21)(H,20,22). The van der Waals surface area contributed by atoms with Crippen molar-refractivity contribution >= 4 is 23.2 Å². The summed E-state index contributed by atoms with van der Waals surface area (Å²) in [5.41, 5.74) is 1.07. The molecule has 2 amide bonds. The summed E-state index contributed by atoms with van der Waals surface area (Å²) in [5, 5.41) is 13.7. The zero-order valence-electron chi connectivity index (χ0n) is 13.1. The van der Waals surface area contributed by atoms with Gasteiger partial charge in [0.25, 0.3) is 0 Å². The van der Waals surface area contributed by atoms with Crippen LogP contribution in [-0.2, 0) is 9.59 Å². The predicted octanol–water partition coefficient (Wildman–Crippen LogP) is 2.15. The average molecular weight is 325 g/mol. The molecule has 0 aliphatic heterocycles. The summed E-state index contributed by atoms with van der Waals surface area (Å²) in [5.74, 6) is -0.798. The van der Waals surface area contributed by atoms with Crippen molar-refractivity contribution in [2.75, 3.05) is 24.9 Å². The third kappa shape index (κ3) is 4.01. The molecule has 2 N–H and O–H groups in total. The monoisotopic (exact) mass is 325 g/mol. The molecule has 0 unspecified atom stereocenters. The van der Waals surface area contributed by atoms with Gasteiger partial charge in [-0.1, -0.05) is 6.07 Å². The maximum absolute atomic E-state index is 12.0. The Morgan fingerprint density at radius 2 is 1.75 bits per heavy atom. The third-order valence-electron chi connectivity index (χ3n) is 3.11. The Labute approximate surface area is 138 Å². The van der Waals surface area contributed by atoms with Crippen molar-refractivity contribution in [3.8, 4) is 17.6 Å². The number of amides is 2. The number of carbonyl (C=O) groups excluding carboxylic acids is 2. The second-order valence-electron chi connectivity index (χ2n) is 4.67. The Morgan fingerprint density at radius 1 is 1.00 bits per heavy atom. The molecule has 0 saturated heterocycles. The highest BCUT2D eigenvalue weighted by molar-refractivity contribution is 6.43. The fourth-order valence-corrected chi connectivity index (χ4v) is 1.94. The van der Waals surface area contributed by atoms with Gasteiger partial charge in [0.1, 0.15) is 11.5 Å². The number of benzene rings is 2. The highest BCUT2D eigenvalue weighted by Gasteiger charge is 2.16. The predicted molar refractivity (Wildman–Crippen MR) is 88.0 cm³/mol. The lowest BCUT2D eigenvalue weighted by Gasteiger charge is -2.11. The van der Waals surface area contributed by atoms with Crippen LogP contribution < -0.4 is 20.1 Å². The van der Waals surface area contributed by atoms with Gasteiger partial charge in [0, 0.05) is 11.8 Å². The molecular formula is C17H15N3O4. The lowest BCUT2D eigenvalue weighted by atomic mass is 10.2. The van der Waals surface area contributed by atoms with Crippen LogP contribution in [0, 0.1) is 11.3 Å². The maximum Gasteiger partial charge on any atom is 0.314 e. The number of carbonyl (C=O) groups is 2. The Kier molecular flexibility index (Phi) is 5.36. The molecule has 0 fully saturated rings. The minimum atomic E-state index is -0.860. The van der Waals surface area contributed by atoms with Crippen LogP contribution in [0.15, 0.2) is 42.5 Å². The van der Waals surface area contributed by atoms with E-state index in [2.05, 4.69) is 10.6 Å². The average Bonchev–Trinajstić information content (AvgIpc) is 2.62. The fraction of sp³-hybridized carbons (Fsp3) is 0.118. The van der Waals surface area contributed by atoms with E-state index in [0.717, 1.165) is 0 Å². The van der Waals surface area contributed by atoms with Crippen molar-refractivity contribution in [2.45, 2.75) is 0 Å². The molecule has 0 bridgehead atoms. The maximum atomic E-state index is 12.0. The molecule has 0 spiro atoms. The van der Waals surface area contributed by atoms with Gasteiger partial charge in [-0.05, 0) is 30.3 Å². The number of nitrogens with zero attached hydrogens (tertiary/aromatic N) is 1. The number of rotatable bonds is 4. The van der Waals surface area contributed by atoms with E-state index in [4.69, 9.17) is 14.7 Å². The molecule has 0 heterocycles. The Hall–Kier alpha value is -3.53. The summed E-state index contributed by atoms with van der Waals surface area (Å²) in [7, 11) is 2.95. The summed E-state index contributed by atoms with van der Waals surface area (Å²) < 4.78 is 10.2. The van der Waals surface area contributed by atoms with Crippen LogP contribution in [0.5, 0.6) is 11.5 Å². The Balaban J connectivity index is 2.09. The molecule has 0 aromatic heterocycles. The first-order valence-corrected chi connectivity index (χ1v) is 6.92. The molecule has 7 heteroatoms. The number of hydrogen-bond donors (Lipinski definition) is 2. The zero-order valence-corrected chi connectivity index (χ0v) is 13.1. The topological polar surface area (TPSA) is 100 Å². The Bertz CT molecular complexity index is 812. The van der Waals surface area contributed by atoms with Gasteiger partial charge in [0.15, 0.2) is 0 Å². The molecule has 7 nitrogen and oxygen atoms in total. The van der Waals surface area contributed by atoms with E-state index in [-0.39, 0.29) is 0 Å². The van der Waals surface area contributed by atoms with E-state index in [9.17, 15) is 9.59 Å². The summed E-state index contributed by atoms with van der Waals surface area (Å²) >= 11 is 0. The highest BCUT2D eigenvalue weighted by atomic mass is 16.5. The molecule has 24 heavy (non-hydrogen) atoms. The lowest BCUT2D eigenvalue weighted by molar-refractivity contribution is -0.133. The molecule has 0 aliphatic carbocycles. The SMILES string of the molecule is COc1ccc(NC(=O)C(=O)Nc2cccc(C#N)c2)c(OC)c1. The van der Waals surface area contributed by atoms with Crippen LogP contribution >= 0.6 is 0 Å². The van der Waals surface area contributed by atoms with Gasteiger partial charge in [0.05, 0.1) is 31.5 Å². The molecule has 122 valence electrons. The molecular weight excluding hydrogens is 310 g/mol. The molecule has 2 aromatic carbocycles. The van der Waals surface area contributed by atoms with Gasteiger partial charge in [-0.15, -0.1) is 0 Å². The van der Waals surface area contributed by atoms with Crippen molar-refractivity contribution in [1.29, 1.82) is 5.26 Å². The van der Waals surface area contributed by atoms with Gasteiger partial charge < -0.3 is 20.1 Å². The number of hydrogen-bond acceptors (Lipinski definition) is 5. The van der Waals surface area contributed by atoms with Crippen LogP contribution in [-0.4, -0.2) is 26.0 Å². The van der Waals surface area contributed by atoms with E-state index < -0.39 is 11.8 Å². The molecule has 0 atom stereocenters.